The summed E-state index contributed by atoms with van der Waals surface area (Å²) in [5.41, 5.74) is 1.70. The second-order valence-electron chi connectivity index (χ2n) is 4.63. The van der Waals surface area contributed by atoms with Crippen molar-refractivity contribution in [1.82, 2.24) is 0 Å². The summed E-state index contributed by atoms with van der Waals surface area (Å²) in [6.45, 7) is 2.46. The third kappa shape index (κ3) is 1.59. The zero-order chi connectivity index (χ0) is 11.2. The van der Waals surface area contributed by atoms with Crippen LogP contribution in [0.15, 0.2) is 18.2 Å². The molecule has 0 bridgehead atoms. The molecule has 2 aliphatic rings. The third-order valence-corrected chi connectivity index (χ3v) is 3.65. The van der Waals surface area contributed by atoms with Crippen molar-refractivity contribution in [2.75, 3.05) is 31.2 Å². The summed E-state index contributed by atoms with van der Waals surface area (Å²) < 4.78 is 5.06. The van der Waals surface area contributed by atoms with Crippen LogP contribution in [0, 0.1) is 0 Å². The highest BCUT2D eigenvalue weighted by Gasteiger charge is 2.39. The van der Waals surface area contributed by atoms with Crippen molar-refractivity contribution in [3.8, 4) is 0 Å². The van der Waals surface area contributed by atoms with Crippen LogP contribution in [-0.4, -0.2) is 37.0 Å². The van der Waals surface area contributed by atoms with Gasteiger partial charge >= 0.3 is 0 Å². The van der Waals surface area contributed by atoms with Crippen LogP contribution in [0.25, 0.3) is 0 Å². The molecule has 0 saturated carbocycles. The van der Waals surface area contributed by atoms with Crippen molar-refractivity contribution in [2.45, 2.75) is 12.0 Å². The Bertz CT molecular complexity index is 417. The molecule has 0 atom stereocenters. The monoisotopic (exact) mass is 239 g/mol. The van der Waals surface area contributed by atoms with E-state index in [0.717, 1.165) is 23.7 Å². The highest BCUT2D eigenvalue weighted by atomic mass is 35.5. The maximum absolute atomic E-state index is 10.1. The van der Waals surface area contributed by atoms with E-state index in [0.29, 0.717) is 19.8 Å². The molecule has 3 rings (SSSR count). The maximum Gasteiger partial charge on any atom is 0.128 e. The van der Waals surface area contributed by atoms with E-state index in [1.165, 1.54) is 5.56 Å². The fourth-order valence-corrected chi connectivity index (χ4v) is 2.67. The lowest BCUT2D eigenvalue weighted by atomic mass is 10.0. The molecule has 1 aromatic carbocycles. The van der Waals surface area contributed by atoms with Crippen molar-refractivity contribution < 1.29 is 9.84 Å². The first kappa shape index (κ1) is 10.4. The van der Waals surface area contributed by atoms with Gasteiger partial charge in [0.15, 0.2) is 0 Å². The summed E-state index contributed by atoms with van der Waals surface area (Å²) in [6.07, 6.45) is 0.964. The predicted octanol–water partition coefficient (Wildman–Crippen LogP) is 1.46. The molecule has 1 fully saturated rings. The van der Waals surface area contributed by atoms with E-state index >= 15 is 0 Å². The molecule has 3 nitrogen and oxygen atoms in total. The van der Waals surface area contributed by atoms with E-state index < -0.39 is 5.60 Å². The minimum absolute atomic E-state index is 0.444. The molecular weight excluding hydrogens is 226 g/mol. The summed E-state index contributed by atoms with van der Waals surface area (Å²) in [7, 11) is 0. The van der Waals surface area contributed by atoms with E-state index in [1.54, 1.807) is 0 Å². The maximum atomic E-state index is 10.1. The lowest BCUT2D eigenvalue weighted by Crippen LogP contribution is -2.56. The number of rotatable bonds is 2. The topological polar surface area (TPSA) is 32.7 Å². The summed E-state index contributed by atoms with van der Waals surface area (Å²) in [4.78, 5) is 2.20. The second-order valence-corrected chi connectivity index (χ2v) is 5.03. The Hall–Kier alpha value is -0.770. The molecule has 1 N–H and O–H groups in total. The smallest absolute Gasteiger partial charge is 0.128 e. The van der Waals surface area contributed by atoms with E-state index in [2.05, 4.69) is 11.0 Å². The van der Waals surface area contributed by atoms with Crippen LogP contribution < -0.4 is 4.90 Å². The Balaban J connectivity index is 1.83. The van der Waals surface area contributed by atoms with Crippen molar-refractivity contribution in [3.05, 3.63) is 28.8 Å². The van der Waals surface area contributed by atoms with Crippen LogP contribution in [0.5, 0.6) is 0 Å². The van der Waals surface area contributed by atoms with E-state index in [1.807, 2.05) is 12.1 Å². The van der Waals surface area contributed by atoms with Gasteiger partial charge in [0.25, 0.3) is 0 Å². The minimum Gasteiger partial charge on any atom is -0.383 e. The van der Waals surface area contributed by atoms with Gasteiger partial charge < -0.3 is 14.7 Å². The first-order valence-electron chi connectivity index (χ1n) is 5.50. The van der Waals surface area contributed by atoms with E-state index in [-0.39, 0.29) is 0 Å². The molecular formula is C12H14ClNO2. The van der Waals surface area contributed by atoms with Crippen LogP contribution in [0.2, 0.25) is 5.02 Å². The SMILES string of the molecule is OC1(CN2CCc3c(Cl)cccc32)COC1. The van der Waals surface area contributed by atoms with Gasteiger partial charge in [-0.15, -0.1) is 0 Å². The van der Waals surface area contributed by atoms with Crippen LogP contribution in [0.3, 0.4) is 0 Å². The number of hydrogen-bond acceptors (Lipinski definition) is 3. The van der Waals surface area contributed by atoms with Gasteiger partial charge in [-0.05, 0) is 24.1 Å². The van der Waals surface area contributed by atoms with Gasteiger partial charge in [-0.2, -0.15) is 0 Å². The molecule has 2 aliphatic heterocycles. The Morgan fingerprint density at radius 3 is 2.94 bits per heavy atom. The van der Waals surface area contributed by atoms with Gasteiger partial charge in [-0.1, -0.05) is 17.7 Å². The highest BCUT2D eigenvalue weighted by Crippen LogP contribution is 2.34. The van der Waals surface area contributed by atoms with E-state index in [9.17, 15) is 5.11 Å². The quantitative estimate of drug-likeness (QED) is 0.848. The Morgan fingerprint density at radius 1 is 1.44 bits per heavy atom. The largest absolute Gasteiger partial charge is 0.383 e. The zero-order valence-electron chi connectivity index (χ0n) is 8.95. The first-order chi connectivity index (χ1) is 7.68. The Morgan fingerprint density at radius 2 is 2.25 bits per heavy atom. The molecule has 1 saturated heterocycles. The number of nitrogens with zero attached hydrogens (tertiary/aromatic N) is 1. The number of fused-ring (bicyclic) bond motifs is 1. The Kier molecular flexibility index (Phi) is 2.35. The zero-order valence-corrected chi connectivity index (χ0v) is 9.70. The first-order valence-corrected chi connectivity index (χ1v) is 5.88. The van der Waals surface area contributed by atoms with Crippen LogP contribution in [0.1, 0.15) is 5.56 Å². The summed E-state index contributed by atoms with van der Waals surface area (Å²) >= 11 is 6.14. The summed E-state index contributed by atoms with van der Waals surface area (Å²) in [5, 5.41) is 10.9. The van der Waals surface area contributed by atoms with Crippen molar-refractivity contribution in [1.29, 1.82) is 0 Å². The minimum atomic E-state index is -0.663. The number of ether oxygens (including phenoxy) is 1. The highest BCUT2D eigenvalue weighted by molar-refractivity contribution is 6.31. The number of halogens is 1. The molecule has 0 aromatic heterocycles. The van der Waals surface area contributed by atoms with Gasteiger partial charge in [-0.25, -0.2) is 0 Å². The third-order valence-electron chi connectivity index (χ3n) is 3.29. The second kappa shape index (κ2) is 3.62. The van der Waals surface area contributed by atoms with E-state index in [4.69, 9.17) is 16.3 Å². The molecule has 0 radical (unpaired) electrons. The fourth-order valence-electron chi connectivity index (χ4n) is 2.41. The van der Waals surface area contributed by atoms with Crippen LogP contribution in [-0.2, 0) is 11.2 Å². The average molecular weight is 240 g/mol. The number of benzene rings is 1. The van der Waals surface area contributed by atoms with Crippen molar-refractivity contribution in [3.63, 3.8) is 0 Å². The lowest BCUT2D eigenvalue weighted by molar-refractivity contribution is -0.171. The number of β-amino-alcohol motifs (C(OH)–C–C–N with tert-alkyl or cyclic N) is 1. The standard InChI is InChI=1S/C12H14ClNO2/c13-10-2-1-3-11-9(10)4-5-14(11)6-12(15)7-16-8-12/h1-3,15H,4-8H2. The molecule has 0 aliphatic carbocycles. The molecule has 16 heavy (non-hydrogen) atoms. The van der Waals surface area contributed by atoms with Crippen molar-refractivity contribution >= 4 is 17.3 Å². The Labute approximate surface area is 99.6 Å². The van der Waals surface area contributed by atoms with Crippen LogP contribution in [0.4, 0.5) is 5.69 Å². The molecule has 0 amide bonds. The summed E-state index contributed by atoms with van der Waals surface area (Å²) in [6, 6.07) is 5.95. The lowest BCUT2D eigenvalue weighted by Gasteiger charge is -2.39. The molecule has 0 unspecified atom stereocenters. The number of aliphatic hydroxyl groups is 1. The van der Waals surface area contributed by atoms with Gasteiger partial charge in [0.2, 0.25) is 0 Å². The molecule has 1 aromatic rings. The average Bonchev–Trinajstić information content (AvgIpc) is 2.61. The fraction of sp³-hybridized carbons (Fsp3) is 0.500. The van der Waals surface area contributed by atoms with Gasteiger partial charge in [0, 0.05) is 17.3 Å². The van der Waals surface area contributed by atoms with Crippen molar-refractivity contribution in [2.24, 2.45) is 0 Å². The van der Waals surface area contributed by atoms with Gasteiger partial charge in [0.05, 0.1) is 19.8 Å². The predicted molar refractivity (Wildman–Crippen MR) is 63.1 cm³/mol. The number of anilines is 1. The van der Waals surface area contributed by atoms with Crippen LogP contribution >= 0.6 is 11.6 Å². The summed E-state index contributed by atoms with van der Waals surface area (Å²) in [5.74, 6) is 0. The van der Waals surface area contributed by atoms with Gasteiger partial charge in [-0.3, -0.25) is 0 Å². The van der Waals surface area contributed by atoms with Gasteiger partial charge in [0.1, 0.15) is 5.60 Å². The molecule has 0 spiro atoms. The molecule has 86 valence electrons. The molecule has 2 heterocycles. The normalized spacial score (nSPS) is 21.8. The number of hydrogen-bond donors (Lipinski definition) is 1. The molecule has 4 heteroatoms.